The average Bonchev–Trinajstić information content (AvgIpc) is 2.60. The maximum atomic E-state index is 12.2. The summed E-state index contributed by atoms with van der Waals surface area (Å²) in [5.74, 6) is 0.682. The normalized spacial score (nSPS) is 13.3. The number of carbonyl (C=O) groups is 1. The Morgan fingerprint density at radius 3 is 2.60 bits per heavy atom. The molecule has 0 atom stereocenters. The van der Waals surface area contributed by atoms with Crippen LogP contribution in [0.3, 0.4) is 0 Å². The number of rotatable bonds is 5. The van der Waals surface area contributed by atoms with Crippen molar-refractivity contribution in [3.05, 3.63) is 48.0 Å². The van der Waals surface area contributed by atoms with E-state index in [1.165, 1.54) is 6.07 Å². The molecule has 1 aliphatic heterocycles. The molecule has 2 aromatic rings. The fourth-order valence-corrected chi connectivity index (χ4v) is 3.44. The van der Waals surface area contributed by atoms with Gasteiger partial charge in [0.05, 0.1) is 11.4 Å². The molecular formula is C17H18N2O5S. The summed E-state index contributed by atoms with van der Waals surface area (Å²) >= 11 is 0. The number of benzene rings is 2. The Morgan fingerprint density at radius 1 is 1.08 bits per heavy atom. The van der Waals surface area contributed by atoms with E-state index in [0.717, 1.165) is 5.56 Å². The maximum absolute atomic E-state index is 12.2. The molecule has 0 saturated carbocycles. The molecule has 0 saturated heterocycles. The lowest BCUT2D eigenvalue weighted by Crippen LogP contribution is -2.33. The van der Waals surface area contributed by atoms with E-state index in [4.69, 9.17) is 9.47 Å². The van der Waals surface area contributed by atoms with Gasteiger partial charge in [0.1, 0.15) is 13.2 Å². The lowest BCUT2D eigenvalue weighted by atomic mass is 10.2. The van der Waals surface area contributed by atoms with Crippen LogP contribution in [-0.4, -0.2) is 34.1 Å². The van der Waals surface area contributed by atoms with Gasteiger partial charge >= 0.3 is 0 Å². The van der Waals surface area contributed by atoms with E-state index in [0.29, 0.717) is 30.4 Å². The molecule has 8 heteroatoms. The van der Waals surface area contributed by atoms with Gasteiger partial charge in [0.15, 0.2) is 11.5 Å². The van der Waals surface area contributed by atoms with Gasteiger partial charge in [-0.05, 0) is 36.8 Å². The highest BCUT2D eigenvalue weighted by molar-refractivity contribution is 7.89. The highest BCUT2D eigenvalue weighted by Crippen LogP contribution is 2.32. The van der Waals surface area contributed by atoms with Crippen LogP contribution in [0.1, 0.15) is 5.56 Å². The van der Waals surface area contributed by atoms with E-state index in [2.05, 4.69) is 10.0 Å². The van der Waals surface area contributed by atoms with E-state index >= 15 is 0 Å². The zero-order valence-corrected chi connectivity index (χ0v) is 14.4. The number of ether oxygens (including phenoxy) is 2. The van der Waals surface area contributed by atoms with Crippen LogP contribution in [0.2, 0.25) is 0 Å². The van der Waals surface area contributed by atoms with Gasteiger partial charge in [-0.25, -0.2) is 13.1 Å². The molecule has 0 aliphatic carbocycles. The molecule has 0 bridgehead atoms. The third-order valence-electron chi connectivity index (χ3n) is 3.55. The molecule has 132 valence electrons. The molecule has 25 heavy (non-hydrogen) atoms. The quantitative estimate of drug-likeness (QED) is 0.844. The Kier molecular flexibility index (Phi) is 4.91. The Morgan fingerprint density at radius 2 is 1.84 bits per heavy atom. The molecule has 0 unspecified atom stereocenters. The van der Waals surface area contributed by atoms with Crippen LogP contribution < -0.4 is 19.5 Å². The van der Waals surface area contributed by atoms with Crippen LogP contribution in [-0.2, 0) is 14.8 Å². The van der Waals surface area contributed by atoms with E-state index in [9.17, 15) is 13.2 Å². The second-order valence-corrected chi connectivity index (χ2v) is 7.31. The van der Waals surface area contributed by atoms with Crippen molar-refractivity contribution in [2.24, 2.45) is 0 Å². The molecule has 1 heterocycles. The smallest absolute Gasteiger partial charge is 0.241 e. The van der Waals surface area contributed by atoms with Crippen molar-refractivity contribution in [3.8, 4) is 11.5 Å². The first kappa shape index (κ1) is 17.2. The monoisotopic (exact) mass is 362 g/mol. The molecular weight excluding hydrogens is 344 g/mol. The molecule has 1 aliphatic rings. The fraction of sp³-hybridized carbons (Fsp3) is 0.235. The molecule has 7 nitrogen and oxygen atoms in total. The zero-order valence-electron chi connectivity index (χ0n) is 13.6. The number of hydrogen-bond donors (Lipinski definition) is 2. The van der Waals surface area contributed by atoms with Gasteiger partial charge in [-0.3, -0.25) is 4.79 Å². The number of fused-ring (bicyclic) bond motifs is 1. The minimum absolute atomic E-state index is 0.125. The van der Waals surface area contributed by atoms with Crippen LogP contribution >= 0.6 is 0 Å². The van der Waals surface area contributed by atoms with Gasteiger partial charge in [0.25, 0.3) is 0 Å². The Labute approximate surface area is 146 Å². The van der Waals surface area contributed by atoms with E-state index < -0.39 is 15.9 Å². The van der Waals surface area contributed by atoms with Gasteiger partial charge in [-0.1, -0.05) is 12.1 Å². The summed E-state index contributed by atoms with van der Waals surface area (Å²) < 4.78 is 37.5. The average molecular weight is 362 g/mol. The topological polar surface area (TPSA) is 93.7 Å². The van der Waals surface area contributed by atoms with Crippen molar-refractivity contribution in [2.45, 2.75) is 11.8 Å². The zero-order chi connectivity index (χ0) is 17.9. The summed E-state index contributed by atoms with van der Waals surface area (Å²) in [5, 5.41) is 2.63. The van der Waals surface area contributed by atoms with Crippen LogP contribution in [0, 0.1) is 6.92 Å². The summed E-state index contributed by atoms with van der Waals surface area (Å²) in [6.45, 7) is 2.36. The highest BCUT2D eigenvalue weighted by atomic mass is 32.2. The van der Waals surface area contributed by atoms with Crippen molar-refractivity contribution >= 4 is 21.6 Å². The predicted molar refractivity (Wildman–Crippen MR) is 92.4 cm³/mol. The molecule has 0 aromatic heterocycles. The summed E-state index contributed by atoms with van der Waals surface area (Å²) in [5.41, 5.74) is 1.33. The summed E-state index contributed by atoms with van der Waals surface area (Å²) in [6, 6.07) is 11.5. The second-order valence-electron chi connectivity index (χ2n) is 5.55. The minimum Gasteiger partial charge on any atom is -0.486 e. The number of nitrogens with one attached hydrogen (secondary N) is 2. The molecule has 2 aromatic carbocycles. The van der Waals surface area contributed by atoms with Crippen molar-refractivity contribution in [1.29, 1.82) is 0 Å². The lowest BCUT2D eigenvalue weighted by Gasteiger charge is -2.19. The van der Waals surface area contributed by atoms with Crippen molar-refractivity contribution in [3.63, 3.8) is 0 Å². The maximum Gasteiger partial charge on any atom is 0.241 e. The lowest BCUT2D eigenvalue weighted by molar-refractivity contribution is -0.115. The van der Waals surface area contributed by atoms with Crippen LogP contribution in [0.5, 0.6) is 11.5 Å². The minimum atomic E-state index is -3.74. The van der Waals surface area contributed by atoms with E-state index in [1.807, 2.05) is 0 Å². The molecule has 1 amide bonds. The SMILES string of the molecule is Cc1cccc(S(=O)(=O)NCC(=O)Nc2ccc3c(c2)OCCO3)c1. The first-order valence-electron chi connectivity index (χ1n) is 7.70. The number of hydrogen-bond acceptors (Lipinski definition) is 5. The van der Waals surface area contributed by atoms with Crippen molar-refractivity contribution in [2.75, 3.05) is 25.1 Å². The molecule has 0 fully saturated rings. The molecule has 2 N–H and O–H groups in total. The summed E-state index contributed by atoms with van der Waals surface area (Å²) in [4.78, 5) is 12.1. The number of aryl methyl sites for hydroxylation is 1. The highest BCUT2D eigenvalue weighted by Gasteiger charge is 2.16. The van der Waals surface area contributed by atoms with Gasteiger partial charge in [-0.2, -0.15) is 0 Å². The van der Waals surface area contributed by atoms with Crippen LogP contribution in [0.4, 0.5) is 5.69 Å². The molecule has 3 rings (SSSR count). The first-order valence-corrected chi connectivity index (χ1v) is 9.18. The Hall–Kier alpha value is -2.58. The summed E-state index contributed by atoms with van der Waals surface area (Å²) in [7, 11) is -3.74. The van der Waals surface area contributed by atoms with Gasteiger partial charge in [0.2, 0.25) is 15.9 Å². The third kappa shape index (κ3) is 4.28. The number of carbonyl (C=O) groups excluding carboxylic acids is 1. The predicted octanol–water partition coefficient (Wildman–Crippen LogP) is 1.68. The molecule has 0 spiro atoms. The number of anilines is 1. The van der Waals surface area contributed by atoms with Crippen molar-refractivity contribution in [1.82, 2.24) is 4.72 Å². The van der Waals surface area contributed by atoms with Crippen molar-refractivity contribution < 1.29 is 22.7 Å². The Balaban J connectivity index is 1.61. The van der Waals surface area contributed by atoms with Crippen LogP contribution in [0.25, 0.3) is 0 Å². The van der Waals surface area contributed by atoms with Gasteiger partial charge in [-0.15, -0.1) is 0 Å². The fourth-order valence-electron chi connectivity index (χ4n) is 2.35. The molecule has 0 radical (unpaired) electrons. The van der Waals surface area contributed by atoms with Crippen LogP contribution in [0.15, 0.2) is 47.4 Å². The number of amides is 1. The first-order chi connectivity index (χ1) is 11.9. The van der Waals surface area contributed by atoms with Gasteiger partial charge < -0.3 is 14.8 Å². The Bertz CT molecular complexity index is 896. The van der Waals surface area contributed by atoms with E-state index in [-0.39, 0.29) is 11.4 Å². The third-order valence-corrected chi connectivity index (χ3v) is 4.95. The van der Waals surface area contributed by atoms with E-state index in [1.54, 1.807) is 43.3 Å². The van der Waals surface area contributed by atoms with Gasteiger partial charge in [0, 0.05) is 11.8 Å². The largest absolute Gasteiger partial charge is 0.486 e. The summed E-state index contributed by atoms with van der Waals surface area (Å²) in [6.07, 6.45) is 0. The second kappa shape index (κ2) is 7.12. The standard InChI is InChI=1S/C17H18N2O5S/c1-12-3-2-4-14(9-12)25(21,22)18-11-17(20)19-13-5-6-15-16(10-13)24-8-7-23-15/h2-6,9-10,18H,7-8,11H2,1H3,(H,19,20). The number of sulfonamides is 1.